The summed E-state index contributed by atoms with van der Waals surface area (Å²) in [5, 5.41) is 7.12. The Morgan fingerprint density at radius 3 is 1.79 bits per heavy atom. The zero-order valence-corrected chi connectivity index (χ0v) is 15.4. The first kappa shape index (κ1) is 18.2. The molecule has 0 aliphatic carbocycles. The minimum Gasteiger partial charge on any atom is -0.497 e. The van der Waals surface area contributed by atoms with E-state index in [0.29, 0.717) is 11.7 Å². The Kier molecular flexibility index (Phi) is 7.03. The van der Waals surface area contributed by atoms with E-state index in [1.807, 2.05) is 24.3 Å². The molecule has 0 aliphatic heterocycles. The maximum atomic E-state index is 5.33. The molecule has 0 bridgehead atoms. The van der Waals surface area contributed by atoms with Gasteiger partial charge in [-0.25, -0.2) is 0 Å². The Bertz CT molecular complexity index is 639. The third-order valence-electron chi connectivity index (χ3n) is 3.65. The smallest absolute Gasteiger partial charge is 0.166 e. The summed E-state index contributed by atoms with van der Waals surface area (Å²) in [7, 11) is 5.98. The van der Waals surface area contributed by atoms with E-state index in [4.69, 9.17) is 17.0 Å². The molecule has 0 atom stereocenters. The van der Waals surface area contributed by atoms with Crippen molar-refractivity contribution in [3.8, 4) is 5.75 Å². The highest BCUT2D eigenvalue weighted by molar-refractivity contribution is 7.80. The molecule has 2 rings (SSSR count). The number of ether oxygens (including phenoxy) is 1. The topological polar surface area (TPSA) is 37.7 Å². The number of nitrogens with one attached hydrogen (secondary N) is 3. The molecule has 0 amide bonds. The quantitative estimate of drug-likeness (QED) is 0.666. The maximum absolute atomic E-state index is 5.33. The van der Waals surface area contributed by atoms with Gasteiger partial charge in [0.05, 0.1) is 21.2 Å². The summed E-state index contributed by atoms with van der Waals surface area (Å²) in [4.78, 5) is 1.42. The van der Waals surface area contributed by atoms with Gasteiger partial charge in [0.25, 0.3) is 0 Å². The Balaban J connectivity index is 1.74. The van der Waals surface area contributed by atoms with Gasteiger partial charge in [0, 0.05) is 18.7 Å². The molecule has 3 N–H and O–H groups in total. The SMILES string of the molecule is COc1ccc(CNC(=S)NCc2ccc(C[NH+](C)C)cc2)cc1. The molecule has 0 spiro atoms. The Labute approximate surface area is 149 Å². The standard InChI is InChI=1S/C19H25N3OS/c1-22(2)14-17-6-4-15(5-7-17)12-20-19(24)21-13-16-8-10-18(23-3)11-9-16/h4-11H,12-14H2,1-3H3,(H2,20,21,24)/p+1. The molecular formula is C19H26N3OS+. The Morgan fingerprint density at radius 2 is 1.33 bits per heavy atom. The fraction of sp³-hybridized carbons (Fsp3) is 0.316. The third kappa shape index (κ3) is 6.18. The molecule has 128 valence electrons. The van der Waals surface area contributed by atoms with Crippen LogP contribution in [0.4, 0.5) is 0 Å². The van der Waals surface area contributed by atoms with Crippen LogP contribution < -0.4 is 20.3 Å². The molecule has 0 fully saturated rings. The number of thiocarbonyl (C=S) groups is 1. The molecule has 0 saturated heterocycles. The van der Waals surface area contributed by atoms with Gasteiger partial charge in [-0.15, -0.1) is 0 Å². The fourth-order valence-corrected chi connectivity index (χ4v) is 2.50. The van der Waals surface area contributed by atoms with Crippen molar-refractivity contribution in [1.29, 1.82) is 0 Å². The van der Waals surface area contributed by atoms with E-state index in [2.05, 4.69) is 49.0 Å². The average molecular weight is 345 g/mol. The van der Waals surface area contributed by atoms with Crippen LogP contribution in [-0.2, 0) is 19.6 Å². The number of rotatable bonds is 7. The molecule has 0 heterocycles. The predicted molar refractivity (Wildman–Crippen MR) is 102 cm³/mol. The molecule has 0 aliphatic rings. The van der Waals surface area contributed by atoms with Crippen molar-refractivity contribution < 1.29 is 9.64 Å². The van der Waals surface area contributed by atoms with Gasteiger partial charge in [-0.05, 0) is 35.5 Å². The van der Waals surface area contributed by atoms with Gasteiger partial charge < -0.3 is 20.3 Å². The van der Waals surface area contributed by atoms with Crippen LogP contribution in [0.2, 0.25) is 0 Å². The first-order valence-corrected chi connectivity index (χ1v) is 8.49. The summed E-state index contributed by atoms with van der Waals surface area (Å²) >= 11 is 5.33. The first-order chi connectivity index (χ1) is 11.6. The van der Waals surface area contributed by atoms with Crippen molar-refractivity contribution in [3.63, 3.8) is 0 Å². The van der Waals surface area contributed by atoms with Crippen LogP contribution in [0, 0.1) is 0 Å². The minimum absolute atomic E-state index is 0.660. The van der Waals surface area contributed by atoms with Gasteiger partial charge in [-0.3, -0.25) is 0 Å². The lowest BCUT2D eigenvalue weighted by molar-refractivity contribution is -0.872. The molecule has 2 aromatic rings. The van der Waals surface area contributed by atoms with Crippen LogP contribution in [0.3, 0.4) is 0 Å². The van der Waals surface area contributed by atoms with Gasteiger partial charge in [0.15, 0.2) is 5.11 Å². The highest BCUT2D eigenvalue weighted by Gasteiger charge is 2.01. The molecule has 2 aromatic carbocycles. The van der Waals surface area contributed by atoms with E-state index in [9.17, 15) is 0 Å². The van der Waals surface area contributed by atoms with Crippen molar-refractivity contribution in [2.75, 3.05) is 21.2 Å². The zero-order chi connectivity index (χ0) is 17.4. The second-order valence-corrected chi connectivity index (χ2v) is 6.49. The normalized spacial score (nSPS) is 10.5. The highest BCUT2D eigenvalue weighted by atomic mass is 32.1. The summed E-state index contributed by atoms with van der Waals surface area (Å²) in [5.74, 6) is 0.860. The van der Waals surface area contributed by atoms with Gasteiger partial charge >= 0.3 is 0 Å². The number of hydrogen-bond donors (Lipinski definition) is 3. The lowest BCUT2D eigenvalue weighted by Gasteiger charge is -2.12. The largest absolute Gasteiger partial charge is 0.497 e. The summed E-state index contributed by atoms with van der Waals surface area (Å²) in [5.41, 5.74) is 3.73. The monoisotopic (exact) mass is 344 g/mol. The molecule has 4 nitrogen and oxygen atoms in total. The van der Waals surface area contributed by atoms with E-state index in [-0.39, 0.29) is 0 Å². The second kappa shape index (κ2) is 9.25. The number of quaternary nitrogens is 1. The second-order valence-electron chi connectivity index (χ2n) is 6.08. The maximum Gasteiger partial charge on any atom is 0.166 e. The third-order valence-corrected chi connectivity index (χ3v) is 3.93. The van der Waals surface area contributed by atoms with Gasteiger partial charge in [0.2, 0.25) is 0 Å². The lowest BCUT2D eigenvalue weighted by Crippen LogP contribution is -3.04. The van der Waals surface area contributed by atoms with E-state index >= 15 is 0 Å². The lowest BCUT2D eigenvalue weighted by atomic mass is 10.1. The van der Waals surface area contributed by atoms with Crippen LogP contribution in [0.15, 0.2) is 48.5 Å². The van der Waals surface area contributed by atoms with Gasteiger partial charge in [-0.1, -0.05) is 36.4 Å². The van der Waals surface area contributed by atoms with Gasteiger partial charge in [0.1, 0.15) is 12.3 Å². The minimum atomic E-state index is 0.660. The average Bonchev–Trinajstić information content (AvgIpc) is 2.59. The Hall–Kier alpha value is -2.11. The number of methoxy groups -OCH3 is 1. The highest BCUT2D eigenvalue weighted by Crippen LogP contribution is 2.10. The summed E-state index contributed by atoms with van der Waals surface area (Å²) in [6, 6.07) is 16.6. The zero-order valence-electron chi connectivity index (χ0n) is 14.6. The Morgan fingerprint density at radius 1 is 0.875 bits per heavy atom. The van der Waals surface area contributed by atoms with Crippen LogP contribution >= 0.6 is 12.2 Å². The van der Waals surface area contributed by atoms with Crippen LogP contribution in [-0.4, -0.2) is 26.3 Å². The van der Waals surface area contributed by atoms with Crippen molar-refractivity contribution in [3.05, 3.63) is 65.2 Å². The van der Waals surface area contributed by atoms with Crippen molar-refractivity contribution in [1.82, 2.24) is 10.6 Å². The first-order valence-electron chi connectivity index (χ1n) is 8.08. The van der Waals surface area contributed by atoms with Crippen molar-refractivity contribution in [2.45, 2.75) is 19.6 Å². The van der Waals surface area contributed by atoms with E-state index in [1.54, 1.807) is 7.11 Å². The predicted octanol–water partition coefficient (Wildman–Crippen LogP) is 1.50. The molecular weight excluding hydrogens is 318 g/mol. The van der Waals surface area contributed by atoms with Crippen LogP contribution in [0.1, 0.15) is 16.7 Å². The molecule has 5 heteroatoms. The molecule has 0 unspecified atom stereocenters. The fourth-order valence-electron chi connectivity index (χ4n) is 2.35. The van der Waals surface area contributed by atoms with Crippen molar-refractivity contribution >= 4 is 17.3 Å². The van der Waals surface area contributed by atoms with Crippen molar-refractivity contribution in [2.24, 2.45) is 0 Å². The molecule has 0 saturated carbocycles. The molecule has 0 radical (unpaired) electrons. The van der Waals surface area contributed by atoms with E-state index < -0.39 is 0 Å². The summed E-state index contributed by atoms with van der Waals surface area (Å²) < 4.78 is 5.15. The molecule has 0 aromatic heterocycles. The summed E-state index contributed by atoms with van der Waals surface area (Å²) in [6.45, 7) is 2.46. The van der Waals surface area contributed by atoms with Gasteiger partial charge in [-0.2, -0.15) is 0 Å². The number of benzene rings is 2. The number of hydrogen-bond acceptors (Lipinski definition) is 2. The van der Waals surface area contributed by atoms with E-state index in [0.717, 1.165) is 24.4 Å². The van der Waals surface area contributed by atoms with Crippen LogP contribution in [0.5, 0.6) is 5.75 Å². The summed E-state index contributed by atoms with van der Waals surface area (Å²) in [6.07, 6.45) is 0. The van der Waals surface area contributed by atoms with E-state index in [1.165, 1.54) is 16.0 Å². The molecule has 24 heavy (non-hydrogen) atoms. The van der Waals surface area contributed by atoms with Crippen LogP contribution in [0.25, 0.3) is 0 Å².